The predicted octanol–water partition coefficient (Wildman–Crippen LogP) is 2.01. The van der Waals surface area contributed by atoms with Crippen molar-refractivity contribution in [2.45, 2.75) is 6.54 Å². The first-order valence-electron chi connectivity index (χ1n) is 6.35. The lowest BCUT2D eigenvalue weighted by Crippen LogP contribution is -2.20. The maximum absolute atomic E-state index is 11.3. The van der Waals surface area contributed by atoms with E-state index in [1.165, 1.54) is 6.07 Å². The minimum absolute atomic E-state index is 0.167. The molecule has 21 heavy (non-hydrogen) atoms. The van der Waals surface area contributed by atoms with Gasteiger partial charge in [-0.2, -0.15) is 0 Å². The Balaban J connectivity index is 2.27. The van der Waals surface area contributed by atoms with E-state index in [-0.39, 0.29) is 5.56 Å². The number of benzene rings is 1. The fraction of sp³-hybridized carbons (Fsp3) is 0.200. The Kier molecular flexibility index (Phi) is 4.27. The molecule has 0 spiro atoms. The normalized spacial score (nSPS) is 10.2. The minimum Gasteiger partial charge on any atom is -0.481 e. The number of anilines is 2. The van der Waals surface area contributed by atoms with Crippen molar-refractivity contribution in [2.24, 2.45) is 0 Å². The molecule has 0 unspecified atom stereocenters. The number of pyridine rings is 1. The monoisotopic (exact) mass is 287 g/mol. The molecule has 110 valence electrons. The van der Waals surface area contributed by atoms with Crippen molar-refractivity contribution in [3.05, 3.63) is 47.7 Å². The van der Waals surface area contributed by atoms with Gasteiger partial charge in [0.05, 0.1) is 30.6 Å². The molecule has 0 aliphatic rings. The number of hydrogen-bond acceptors (Lipinski definition) is 5. The van der Waals surface area contributed by atoms with Gasteiger partial charge in [0, 0.05) is 18.8 Å². The summed E-state index contributed by atoms with van der Waals surface area (Å²) in [5.41, 5.74) is 7.60. The molecule has 2 aromatic rings. The number of nitrogens with two attached hydrogens (primary N) is 1. The SMILES string of the molecule is COc1cccc(CN(C)c2ccc(N)cc2C(=O)O)n1. The van der Waals surface area contributed by atoms with Gasteiger partial charge in [-0.15, -0.1) is 0 Å². The van der Waals surface area contributed by atoms with Crippen molar-refractivity contribution >= 4 is 17.3 Å². The second-order valence-corrected chi connectivity index (χ2v) is 4.61. The van der Waals surface area contributed by atoms with Crippen LogP contribution in [0.25, 0.3) is 0 Å². The molecule has 3 N–H and O–H groups in total. The van der Waals surface area contributed by atoms with Gasteiger partial charge in [0.25, 0.3) is 0 Å². The van der Waals surface area contributed by atoms with Crippen LogP contribution in [0.4, 0.5) is 11.4 Å². The Morgan fingerprint density at radius 1 is 1.38 bits per heavy atom. The Hall–Kier alpha value is -2.76. The van der Waals surface area contributed by atoms with Crippen LogP contribution < -0.4 is 15.4 Å². The summed E-state index contributed by atoms with van der Waals surface area (Å²) >= 11 is 0. The fourth-order valence-electron chi connectivity index (χ4n) is 2.05. The summed E-state index contributed by atoms with van der Waals surface area (Å²) in [7, 11) is 3.36. The van der Waals surface area contributed by atoms with Crippen LogP contribution in [-0.4, -0.2) is 30.2 Å². The van der Waals surface area contributed by atoms with E-state index in [9.17, 15) is 9.90 Å². The zero-order valence-electron chi connectivity index (χ0n) is 11.9. The Labute approximate surface area is 122 Å². The number of methoxy groups -OCH3 is 1. The highest BCUT2D eigenvalue weighted by Gasteiger charge is 2.14. The Morgan fingerprint density at radius 2 is 2.14 bits per heavy atom. The first-order valence-corrected chi connectivity index (χ1v) is 6.35. The van der Waals surface area contributed by atoms with Crippen LogP contribution in [0.15, 0.2) is 36.4 Å². The van der Waals surface area contributed by atoms with Crippen LogP contribution >= 0.6 is 0 Å². The van der Waals surface area contributed by atoms with Gasteiger partial charge in [0.15, 0.2) is 0 Å². The number of carboxylic acid groups (broad SMARTS) is 1. The van der Waals surface area contributed by atoms with Crippen molar-refractivity contribution in [2.75, 3.05) is 24.8 Å². The van der Waals surface area contributed by atoms with Crippen LogP contribution in [0.2, 0.25) is 0 Å². The highest BCUT2D eigenvalue weighted by atomic mass is 16.5. The molecule has 6 nitrogen and oxygen atoms in total. The zero-order chi connectivity index (χ0) is 15.4. The first kappa shape index (κ1) is 14.6. The molecule has 0 bridgehead atoms. The molecule has 0 atom stereocenters. The molecule has 2 rings (SSSR count). The molecule has 0 radical (unpaired) electrons. The third-order valence-electron chi connectivity index (χ3n) is 3.05. The van der Waals surface area contributed by atoms with Crippen molar-refractivity contribution < 1.29 is 14.6 Å². The van der Waals surface area contributed by atoms with E-state index in [1.807, 2.05) is 17.0 Å². The average Bonchev–Trinajstić information content (AvgIpc) is 2.47. The Morgan fingerprint density at radius 3 is 2.81 bits per heavy atom. The van der Waals surface area contributed by atoms with E-state index >= 15 is 0 Å². The van der Waals surface area contributed by atoms with Crippen LogP contribution in [0.1, 0.15) is 16.1 Å². The van der Waals surface area contributed by atoms with Crippen molar-refractivity contribution in [3.8, 4) is 5.88 Å². The molecule has 0 saturated heterocycles. The van der Waals surface area contributed by atoms with E-state index in [2.05, 4.69) is 4.98 Å². The number of aromatic carboxylic acids is 1. The molecule has 1 aromatic carbocycles. The molecule has 0 fully saturated rings. The first-order chi connectivity index (χ1) is 10.0. The summed E-state index contributed by atoms with van der Waals surface area (Å²) in [5.74, 6) is -0.487. The van der Waals surface area contributed by atoms with Gasteiger partial charge in [-0.1, -0.05) is 6.07 Å². The molecule has 0 aliphatic carbocycles. The molecule has 0 amide bonds. The molecular formula is C15H17N3O3. The maximum atomic E-state index is 11.3. The van der Waals surface area contributed by atoms with E-state index in [0.717, 1.165) is 5.69 Å². The van der Waals surface area contributed by atoms with Crippen molar-refractivity contribution in [1.82, 2.24) is 4.98 Å². The fourth-order valence-corrected chi connectivity index (χ4v) is 2.05. The second-order valence-electron chi connectivity index (χ2n) is 4.61. The molecule has 1 heterocycles. The summed E-state index contributed by atoms with van der Waals surface area (Å²) < 4.78 is 5.08. The molecule has 1 aromatic heterocycles. The summed E-state index contributed by atoms with van der Waals surface area (Å²) in [4.78, 5) is 17.4. The van der Waals surface area contributed by atoms with Crippen LogP contribution in [-0.2, 0) is 6.54 Å². The number of nitrogens with zero attached hydrogens (tertiary/aromatic N) is 2. The zero-order valence-corrected chi connectivity index (χ0v) is 11.9. The standard InChI is InChI=1S/C15H17N3O3/c1-18(9-11-4-3-5-14(17-11)21-2)13-7-6-10(16)8-12(13)15(19)20/h3-8H,9,16H2,1-2H3,(H,19,20). The van der Waals surface area contributed by atoms with Crippen LogP contribution in [0.5, 0.6) is 5.88 Å². The van der Waals surface area contributed by atoms with Crippen LogP contribution in [0.3, 0.4) is 0 Å². The number of nitrogen functional groups attached to an aromatic ring is 1. The van der Waals surface area contributed by atoms with Gasteiger partial charge >= 0.3 is 5.97 Å². The van der Waals surface area contributed by atoms with E-state index in [4.69, 9.17) is 10.5 Å². The Bertz CT molecular complexity index is 658. The quantitative estimate of drug-likeness (QED) is 0.818. The lowest BCUT2D eigenvalue weighted by Gasteiger charge is -2.21. The van der Waals surface area contributed by atoms with Gasteiger partial charge < -0.3 is 20.5 Å². The number of ether oxygens (including phenoxy) is 1. The molecule has 0 saturated carbocycles. The van der Waals surface area contributed by atoms with Gasteiger partial charge in [-0.25, -0.2) is 9.78 Å². The molecular weight excluding hydrogens is 270 g/mol. The summed E-state index contributed by atoms with van der Waals surface area (Å²) in [6, 6.07) is 10.3. The lowest BCUT2D eigenvalue weighted by atomic mass is 10.1. The number of carbonyl (C=O) groups is 1. The van der Waals surface area contributed by atoms with E-state index in [1.54, 1.807) is 32.4 Å². The number of rotatable bonds is 5. The highest BCUT2D eigenvalue weighted by Crippen LogP contribution is 2.23. The van der Waals surface area contributed by atoms with E-state index in [0.29, 0.717) is 23.8 Å². The molecule has 6 heteroatoms. The second kappa shape index (κ2) is 6.13. The number of aromatic nitrogens is 1. The number of carboxylic acids is 1. The predicted molar refractivity (Wildman–Crippen MR) is 80.7 cm³/mol. The van der Waals surface area contributed by atoms with Gasteiger partial charge in [-0.05, 0) is 24.3 Å². The molecule has 0 aliphatic heterocycles. The largest absolute Gasteiger partial charge is 0.481 e. The smallest absolute Gasteiger partial charge is 0.337 e. The average molecular weight is 287 g/mol. The third kappa shape index (κ3) is 3.42. The third-order valence-corrected chi connectivity index (χ3v) is 3.05. The van der Waals surface area contributed by atoms with Gasteiger partial charge in [-0.3, -0.25) is 0 Å². The van der Waals surface area contributed by atoms with Gasteiger partial charge in [0.2, 0.25) is 5.88 Å². The highest BCUT2D eigenvalue weighted by molar-refractivity contribution is 5.95. The summed E-state index contributed by atoms with van der Waals surface area (Å²) in [6.07, 6.45) is 0. The number of hydrogen-bond donors (Lipinski definition) is 2. The van der Waals surface area contributed by atoms with Crippen molar-refractivity contribution in [3.63, 3.8) is 0 Å². The van der Waals surface area contributed by atoms with E-state index < -0.39 is 5.97 Å². The summed E-state index contributed by atoms with van der Waals surface area (Å²) in [5, 5.41) is 9.27. The van der Waals surface area contributed by atoms with Gasteiger partial charge in [0.1, 0.15) is 0 Å². The summed E-state index contributed by atoms with van der Waals surface area (Å²) in [6.45, 7) is 0.460. The topological polar surface area (TPSA) is 88.7 Å². The lowest BCUT2D eigenvalue weighted by molar-refractivity contribution is 0.0697. The van der Waals surface area contributed by atoms with Crippen LogP contribution in [0, 0.1) is 0 Å². The minimum atomic E-state index is -1.01. The van der Waals surface area contributed by atoms with Crippen molar-refractivity contribution in [1.29, 1.82) is 0 Å². The maximum Gasteiger partial charge on any atom is 0.337 e.